The number of nitrogens with two attached hydrogens (primary N) is 1. The van der Waals surface area contributed by atoms with Crippen LogP contribution >= 0.6 is 19.6 Å². The number of nitrogen functional groups attached to an aromatic ring is 1. The summed E-state index contributed by atoms with van der Waals surface area (Å²) in [7, 11) is -4.78. The molecule has 4 atom stereocenters. The highest BCUT2D eigenvalue weighted by atomic mass is 32.2. The summed E-state index contributed by atoms with van der Waals surface area (Å²) in [6.45, 7) is -0.616. The van der Waals surface area contributed by atoms with Gasteiger partial charge in [-0.15, -0.1) is 0 Å². The number of hydrogen-bond acceptors (Lipinski definition) is 10. The topological polar surface area (TPSA) is 186 Å². The molecule has 0 aliphatic carbocycles. The summed E-state index contributed by atoms with van der Waals surface area (Å²) >= 11 is 1.34. The molecule has 6 N–H and O–H groups in total. The van der Waals surface area contributed by atoms with E-state index in [-0.39, 0.29) is 11.5 Å². The van der Waals surface area contributed by atoms with Crippen LogP contribution in [0, 0.1) is 0 Å². The van der Waals surface area contributed by atoms with Gasteiger partial charge in [-0.3, -0.25) is 9.09 Å². The number of thioether (sulfide) groups is 1. The van der Waals surface area contributed by atoms with Crippen LogP contribution in [0.3, 0.4) is 0 Å². The van der Waals surface area contributed by atoms with E-state index in [1.807, 2.05) is 30.3 Å². The van der Waals surface area contributed by atoms with Gasteiger partial charge in [-0.25, -0.2) is 19.5 Å². The van der Waals surface area contributed by atoms with Gasteiger partial charge in [-0.05, 0) is 5.56 Å². The maximum absolute atomic E-state index is 11.0. The Balaban J connectivity index is 1.66. The normalized spacial score (nSPS) is 24.1. The minimum absolute atomic E-state index is 0.139. The fraction of sp³-hybridized carbons (Fsp3) is 0.353. The second-order valence-corrected chi connectivity index (χ2v) is 8.98. The van der Waals surface area contributed by atoms with Gasteiger partial charge < -0.3 is 30.5 Å². The van der Waals surface area contributed by atoms with Gasteiger partial charge in [-0.1, -0.05) is 42.1 Å². The first kappa shape index (κ1) is 22.1. The van der Waals surface area contributed by atoms with Crippen LogP contribution in [0.5, 0.6) is 0 Å². The number of nitrogens with zero attached hydrogens (tertiary/aromatic N) is 4. The maximum atomic E-state index is 11.0. The van der Waals surface area contributed by atoms with Crippen LogP contribution in [-0.4, -0.2) is 64.4 Å². The highest BCUT2D eigenvalue weighted by molar-refractivity contribution is 7.98. The van der Waals surface area contributed by atoms with Crippen molar-refractivity contribution in [1.82, 2.24) is 19.5 Å². The molecule has 3 heterocycles. The van der Waals surface area contributed by atoms with Crippen molar-refractivity contribution in [2.45, 2.75) is 35.4 Å². The van der Waals surface area contributed by atoms with Gasteiger partial charge in [0.1, 0.15) is 24.6 Å². The molecule has 0 saturated carbocycles. The molecular formula is C17H20N5O7PS. The predicted molar refractivity (Wildman–Crippen MR) is 110 cm³/mol. The number of phosphoric ester groups is 1. The van der Waals surface area contributed by atoms with Crippen LogP contribution < -0.4 is 5.73 Å². The van der Waals surface area contributed by atoms with E-state index in [2.05, 4.69) is 19.5 Å². The molecule has 166 valence electrons. The number of hydrogen-bond donors (Lipinski definition) is 5. The van der Waals surface area contributed by atoms with Crippen molar-refractivity contribution < 1.29 is 33.8 Å². The van der Waals surface area contributed by atoms with Crippen LogP contribution in [0.25, 0.3) is 11.2 Å². The third-order valence-electron chi connectivity index (χ3n) is 4.68. The molecular weight excluding hydrogens is 449 g/mol. The number of aliphatic hydroxyl groups excluding tert-OH is 2. The van der Waals surface area contributed by atoms with Gasteiger partial charge >= 0.3 is 7.82 Å². The molecule has 12 nitrogen and oxygen atoms in total. The van der Waals surface area contributed by atoms with Gasteiger partial charge in [0.15, 0.2) is 28.4 Å². The molecule has 0 radical (unpaired) electrons. The van der Waals surface area contributed by atoms with Gasteiger partial charge in [0.05, 0.1) is 6.61 Å². The molecule has 1 saturated heterocycles. The number of aromatic nitrogens is 4. The second-order valence-electron chi connectivity index (χ2n) is 6.80. The lowest BCUT2D eigenvalue weighted by Gasteiger charge is -2.19. The smallest absolute Gasteiger partial charge is 0.387 e. The Morgan fingerprint density at radius 2 is 1.94 bits per heavy atom. The summed E-state index contributed by atoms with van der Waals surface area (Å²) in [4.78, 5) is 30.5. The molecule has 1 aromatic carbocycles. The third kappa shape index (κ3) is 4.73. The van der Waals surface area contributed by atoms with Crippen LogP contribution in [0.2, 0.25) is 0 Å². The third-order valence-corrected chi connectivity index (χ3v) is 6.19. The number of ether oxygens (including phenoxy) is 1. The molecule has 0 bridgehead atoms. The van der Waals surface area contributed by atoms with Crippen LogP contribution in [0.4, 0.5) is 5.82 Å². The molecule has 4 rings (SSSR count). The highest BCUT2D eigenvalue weighted by Crippen LogP contribution is 2.40. The van der Waals surface area contributed by atoms with Gasteiger partial charge in [-0.2, -0.15) is 0 Å². The number of anilines is 1. The van der Waals surface area contributed by atoms with Crippen LogP contribution in [0.15, 0.2) is 41.8 Å². The summed E-state index contributed by atoms with van der Waals surface area (Å²) in [6, 6.07) is 9.63. The Morgan fingerprint density at radius 3 is 2.65 bits per heavy atom. The fourth-order valence-electron chi connectivity index (χ4n) is 3.21. The molecule has 3 aromatic rings. The first-order valence-electron chi connectivity index (χ1n) is 9.11. The Kier molecular flexibility index (Phi) is 6.28. The van der Waals surface area contributed by atoms with Crippen molar-refractivity contribution in [3.63, 3.8) is 0 Å². The average molecular weight is 469 g/mol. The number of rotatable bonds is 7. The molecule has 1 aliphatic heterocycles. The standard InChI is InChI=1S/C17H20N5O7PS/c18-14-11-15(20-8-19-14)22(17(21-11)31-7-9-4-2-1-3-5-9)16-13(24)12(23)10(29-16)6-28-30(25,26)27/h1-5,8,10,12-13,16,23-24H,6-7H2,(H2,18,19,20)(H2,25,26,27)/t10-,12-,13-,16?/m1/s1. The molecule has 14 heteroatoms. The Bertz CT molecular complexity index is 1110. The van der Waals surface area contributed by atoms with Crippen molar-refractivity contribution >= 4 is 36.6 Å². The Morgan fingerprint density at radius 1 is 1.19 bits per heavy atom. The van der Waals surface area contributed by atoms with E-state index in [1.54, 1.807) is 0 Å². The molecule has 1 fully saturated rings. The molecule has 1 unspecified atom stereocenters. The number of benzene rings is 1. The zero-order valence-electron chi connectivity index (χ0n) is 15.9. The van der Waals surface area contributed by atoms with Gasteiger partial charge in [0.25, 0.3) is 0 Å². The Hall–Kier alpha value is -2.09. The minimum atomic E-state index is -4.78. The zero-order valence-corrected chi connectivity index (χ0v) is 17.6. The minimum Gasteiger partial charge on any atom is -0.387 e. The predicted octanol–water partition coefficient (Wildman–Crippen LogP) is 0.429. The van der Waals surface area contributed by atoms with E-state index < -0.39 is 39.0 Å². The van der Waals surface area contributed by atoms with E-state index >= 15 is 0 Å². The lowest BCUT2D eigenvalue weighted by Crippen LogP contribution is -2.33. The lowest BCUT2D eigenvalue weighted by atomic mass is 10.1. The summed E-state index contributed by atoms with van der Waals surface area (Å²) < 4.78 is 22.6. The van der Waals surface area contributed by atoms with E-state index in [0.717, 1.165) is 5.56 Å². The molecule has 0 spiro atoms. The first-order chi connectivity index (χ1) is 14.7. The van der Waals surface area contributed by atoms with Crippen molar-refractivity contribution in [1.29, 1.82) is 0 Å². The number of fused-ring (bicyclic) bond motifs is 1. The van der Waals surface area contributed by atoms with Crippen LogP contribution in [0.1, 0.15) is 11.8 Å². The SMILES string of the molecule is Nc1ncnc2c1nc(SCc1ccccc1)n2C1O[C@H](COP(=O)(O)O)[C@@H](O)[C@H]1O. The zero-order chi connectivity index (χ0) is 22.2. The van der Waals surface area contributed by atoms with Crippen molar-refractivity contribution in [2.24, 2.45) is 0 Å². The van der Waals surface area contributed by atoms with E-state index in [4.69, 9.17) is 20.3 Å². The monoisotopic (exact) mass is 469 g/mol. The van der Waals surface area contributed by atoms with Crippen molar-refractivity contribution in [3.8, 4) is 0 Å². The summed E-state index contributed by atoms with van der Waals surface area (Å²) in [5, 5.41) is 21.4. The van der Waals surface area contributed by atoms with Crippen molar-refractivity contribution in [2.75, 3.05) is 12.3 Å². The number of phosphoric acid groups is 1. The summed E-state index contributed by atoms with van der Waals surface area (Å²) in [5.74, 6) is 0.688. The fourth-order valence-corrected chi connectivity index (χ4v) is 4.52. The maximum Gasteiger partial charge on any atom is 0.469 e. The van der Waals surface area contributed by atoms with Crippen molar-refractivity contribution in [3.05, 3.63) is 42.2 Å². The largest absolute Gasteiger partial charge is 0.469 e. The van der Waals surface area contributed by atoms with Gasteiger partial charge in [0.2, 0.25) is 0 Å². The van der Waals surface area contributed by atoms with Gasteiger partial charge in [0, 0.05) is 5.75 Å². The Labute approximate surface area is 180 Å². The molecule has 31 heavy (non-hydrogen) atoms. The number of aliphatic hydroxyl groups is 2. The van der Waals surface area contributed by atoms with E-state index in [9.17, 15) is 14.8 Å². The molecule has 1 aliphatic rings. The summed E-state index contributed by atoms with van der Waals surface area (Å²) in [6.07, 6.45) is -3.97. The molecule has 2 aromatic heterocycles. The van der Waals surface area contributed by atoms with Crippen LogP contribution in [-0.2, 0) is 19.6 Å². The average Bonchev–Trinajstić information content (AvgIpc) is 3.24. The quantitative estimate of drug-likeness (QED) is 0.238. The summed E-state index contributed by atoms with van der Waals surface area (Å²) in [5.41, 5.74) is 7.56. The highest BCUT2D eigenvalue weighted by Gasteiger charge is 2.46. The van der Waals surface area contributed by atoms with E-state index in [1.165, 1.54) is 22.7 Å². The second kappa shape index (κ2) is 8.81. The van der Waals surface area contributed by atoms with E-state index in [0.29, 0.717) is 16.4 Å². The number of imidazole rings is 1. The lowest BCUT2D eigenvalue weighted by molar-refractivity contribution is -0.0541. The molecule has 0 amide bonds. The first-order valence-corrected chi connectivity index (χ1v) is 11.6.